The highest BCUT2D eigenvalue weighted by Crippen LogP contribution is 2.26. The van der Waals surface area contributed by atoms with Crippen LogP contribution in [-0.2, 0) is 0 Å². The van der Waals surface area contributed by atoms with Gasteiger partial charge in [0.2, 0.25) is 5.95 Å². The van der Waals surface area contributed by atoms with Gasteiger partial charge in [0, 0.05) is 12.1 Å². The van der Waals surface area contributed by atoms with Gasteiger partial charge in [-0.05, 0) is 27.9 Å². The van der Waals surface area contributed by atoms with E-state index in [1.807, 2.05) is 28.8 Å². The highest BCUT2D eigenvalue weighted by Gasteiger charge is 2.11. The number of aromatic nitrogens is 3. The Hall–Kier alpha value is -1.88. The lowest BCUT2D eigenvalue weighted by molar-refractivity contribution is 0.681. The average molecular weight is 345 g/mol. The van der Waals surface area contributed by atoms with Gasteiger partial charge >= 0.3 is 0 Å². The van der Waals surface area contributed by atoms with Gasteiger partial charge in [-0.2, -0.15) is 9.61 Å². The zero-order valence-electron chi connectivity index (χ0n) is 12.0. The van der Waals surface area contributed by atoms with Crippen LogP contribution in [0.1, 0.15) is 13.8 Å². The molecule has 3 aromatic rings. The second-order valence-electron chi connectivity index (χ2n) is 5.40. The largest absolute Gasteiger partial charge is 0.354 e. The van der Waals surface area contributed by atoms with Crippen molar-refractivity contribution in [3.05, 3.63) is 47.1 Å². The zero-order chi connectivity index (χ0) is 14.8. The SMILES string of the molecule is CC(C)CNc1nc(-c2ccccc2)cc2c(Br)cnn12. The van der Waals surface area contributed by atoms with E-state index < -0.39 is 0 Å². The van der Waals surface area contributed by atoms with Gasteiger partial charge in [-0.15, -0.1) is 0 Å². The Balaban J connectivity index is 2.11. The minimum Gasteiger partial charge on any atom is -0.354 e. The van der Waals surface area contributed by atoms with Gasteiger partial charge in [-0.1, -0.05) is 44.2 Å². The van der Waals surface area contributed by atoms with Crippen molar-refractivity contribution in [2.75, 3.05) is 11.9 Å². The lowest BCUT2D eigenvalue weighted by atomic mass is 10.1. The van der Waals surface area contributed by atoms with Crippen molar-refractivity contribution in [1.29, 1.82) is 0 Å². The third-order valence-electron chi connectivity index (χ3n) is 3.20. The molecule has 0 aliphatic rings. The first-order valence-corrected chi connectivity index (χ1v) is 7.78. The molecule has 1 aromatic carbocycles. The first-order valence-electron chi connectivity index (χ1n) is 6.98. The van der Waals surface area contributed by atoms with Gasteiger partial charge < -0.3 is 5.32 Å². The fraction of sp³-hybridized carbons (Fsp3) is 0.250. The van der Waals surface area contributed by atoms with Crippen LogP contribution in [0.15, 0.2) is 47.1 Å². The molecule has 3 rings (SSSR count). The van der Waals surface area contributed by atoms with Crippen molar-refractivity contribution >= 4 is 27.4 Å². The summed E-state index contributed by atoms with van der Waals surface area (Å²) < 4.78 is 2.80. The second kappa shape index (κ2) is 5.85. The molecule has 21 heavy (non-hydrogen) atoms. The molecule has 0 aliphatic heterocycles. The maximum Gasteiger partial charge on any atom is 0.225 e. The Morgan fingerprint density at radius 1 is 1.24 bits per heavy atom. The molecule has 0 atom stereocenters. The van der Waals surface area contributed by atoms with Crippen LogP contribution in [0.2, 0.25) is 0 Å². The predicted octanol–water partition coefficient (Wildman–Crippen LogP) is 4.23. The van der Waals surface area contributed by atoms with Crippen molar-refractivity contribution in [2.45, 2.75) is 13.8 Å². The van der Waals surface area contributed by atoms with Crippen molar-refractivity contribution in [2.24, 2.45) is 5.92 Å². The number of hydrogen-bond donors (Lipinski definition) is 1. The fourth-order valence-corrected chi connectivity index (χ4v) is 2.50. The van der Waals surface area contributed by atoms with E-state index in [0.717, 1.165) is 33.7 Å². The minimum atomic E-state index is 0.543. The summed E-state index contributed by atoms with van der Waals surface area (Å²) >= 11 is 3.55. The smallest absolute Gasteiger partial charge is 0.225 e. The van der Waals surface area contributed by atoms with Crippen LogP contribution >= 0.6 is 15.9 Å². The summed E-state index contributed by atoms with van der Waals surface area (Å²) in [5, 5.41) is 7.75. The molecule has 0 bridgehead atoms. The standard InChI is InChI=1S/C16H17BrN4/c1-11(2)9-18-16-20-14(12-6-4-3-5-7-12)8-15-13(17)10-19-21(15)16/h3-8,10-11H,9H2,1-2H3,(H,18,20). The third-order valence-corrected chi connectivity index (χ3v) is 3.81. The van der Waals surface area contributed by atoms with Crippen molar-refractivity contribution in [1.82, 2.24) is 14.6 Å². The number of hydrogen-bond acceptors (Lipinski definition) is 3. The van der Waals surface area contributed by atoms with Crippen LogP contribution in [0.4, 0.5) is 5.95 Å². The van der Waals surface area contributed by atoms with Gasteiger partial charge in [0.15, 0.2) is 0 Å². The molecule has 0 unspecified atom stereocenters. The van der Waals surface area contributed by atoms with Crippen LogP contribution in [-0.4, -0.2) is 21.1 Å². The molecule has 1 N–H and O–H groups in total. The van der Waals surface area contributed by atoms with E-state index in [2.05, 4.69) is 52.3 Å². The van der Waals surface area contributed by atoms with E-state index in [1.165, 1.54) is 0 Å². The molecule has 4 nitrogen and oxygen atoms in total. The van der Waals surface area contributed by atoms with E-state index >= 15 is 0 Å². The zero-order valence-corrected chi connectivity index (χ0v) is 13.6. The van der Waals surface area contributed by atoms with Crippen molar-refractivity contribution in [3.63, 3.8) is 0 Å². The molecule has 0 amide bonds. The molecule has 2 heterocycles. The van der Waals surface area contributed by atoms with Crippen LogP contribution in [0.25, 0.3) is 16.8 Å². The van der Waals surface area contributed by atoms with Crippen molar-refractivity contribution in [3.8, 4) is 11.3 Å². The summed E-state index contributed by atoms with van der Waals surface area (Å²) in [6, 6.07) is 12.2. The Morgan fingerprint density at radius 2 is 2.00 bits per heavy atom. The summed E-state index contributed by atoms with van der Waals surface area (Å²) in [4.78, 5) is 4.72. The maximum absolute atomic E-state index is 4.72. The Bertz CT molecular complexity index is 750. The molecule has 5 heteroatoms. The van der Waals surface area contributed by atoms with Gasteiger partial charge in [0.25, 0.3) is 0 Å². The number of halogens is 1. The molecular formula is C16H17BrN4. The Labute approximate surface area is 132 Å². The molecule has 0 saturated heterocycles. The molecule has 0 spiro atoms. The minimum absolute atomic E-state index is 0.543. The summed E-state index contributed by atoms with van der Waals surface area (Å²) in [5.74, 6) is 1.31. The number of anilines is 1. The van der Waals surface area contributed by atoms with Gasteiger partial charge in [0.05, 0.1) is 21.9 Å². The van der Waals surface area contributed by atoms with E-state index in [1.54, 1.807) is 6.20 Å². The fourth-order valence-electron chi connectivity index (χ4n) is 2.13. The quantitative estimate of drug-likeness (QED) is 0.770. The molecule has 0 radical (unpaired) electrons. The molecular weight excluding hydrogens is 328 g/mol. The van der Waals surface area contributed by atoms with Crippen LogP contribution in [0, 0.1) is 5.92 Å². The van der Waals surface area contributed by atoms with Gasteiger partial charge in [-0.25, -0.2) is 4.98 Å². The molecule has 0 aliphatic carbocycles. The second-order valence-corrected chi connectivity index (χ2v) is 6.25. The number of benzene rings is 1. The number of fused-ring (bicyclic) bond motifs is 1. The lowest BCUT2D eigenvalue weighted by Gasteiger charge is -2.11. The normalized spacial score (nSPS) is 11.2. The average Bonchev–Trinajstić information content (AvgIpc) is 2.87. The van der Waals surface area contributed by atoms with E-state index in [9.17, 15) is 0 Å². The van der Waals surface area contributed by atoms with Crippen LogP contribution in [0.5, 0.6) is 0 Å². The van der Waals surface area contributed by atoms with E-state index in [0.29, 0.717) is 5.92 Å². The van der Waals surface area contributed by atoms with E-state index in [4.69, 9.17) is 4.98 Å². The molecule has 0 saturated carbocycles. The molecule has 108 valence electrons. The summed E-state index contributed by atoms with van der Waals surface area (Å²) in [7, 11) is 0. The van der Waals surface area contributed by atoms with Crippen LogP contribution < -0.4 is 5.32 Å². The van der Waals surface area contributed by atoms with Crippen molar-refractivity contribution < 1.29 is 0 Å². The first-order chi connectivity index (χ1) is 10.1. The molecule has 2 aromatic heterocycles. The summed E-state index contributed by atoms with van der Waals surface area (Å²) in [5.41, 5.74) is 3.05. The Kier molecular flexibility index (Phi) is 3.92. The Morgan fingerprint density at radius 3 is 2.71 bits per heavy atom. The summed E-state index contributed by atoms with van der Waals surface area (Å²) in [6.07, 6.45) is 1.80. The lowest BCUT2D eigenvalue weighted by Crippen LogP contribution is -2.13. The number of nitrogens with zero attached hydrogens (tertiary/aromatic N) is 3. The maximum atomic E-state index is 4.72. The summed E-state index contributed by atoms with van der Waals surface area (Å²) in [6.45, 7) is 5.20. The number of rotatable bonds is 4. The highest BCUT2D eigenvalue weighted by atomic mass is 79.9. The van der Waals surface area contributed by atoms with E-state index in [-0.39, 0.29) is 0 Å². The monoisotopic (exact) mass is 344 g/mol. The van der Waals surface area contributed by atoms with Gasteiger partial charge in [-0.3, -0.25) is 0 Å². The predicted molar refractivity (Wildman–Crippen MR) is 89.5 cm³/mol. The topological polar surface area (TPSA) is 42.2 Å². The number of nitrogens with one attached hydrogen (secondary N) is 1. The van der Waals surface area contributed by atoms with Crippen LogP contribution in [0.3, 0.4) is 0 Å². The third kappa shape index (κ3) is 2.93. The highest BCUT2D eigenvalue weighted by molar-refractivity contribution is 9.10. The van der Waals surface area contributed by atoms with Gasteiger partial charge in [0.1, 0.15) is 0 Å². The molecule has 0 fully saturated rings. The first kappa shape index (κ1) is 14.1.